The molecule has 108 valence electrons. The lowest BCUT2D eigenvalue weighted by Gasteiger charge is -2.35. The first kappa shape index (κ1) is 16.3. The first-order valence-electron chi connectivity index (χ1n) is 7.39. The second kappa shape index (κ2) is 6.11. The lowest BCUT2D eigenvalue weighted by atomic mass is 10.2. The van der Waals surface area contributed by atoms with E-state index in [4.69, 9.17) is 11.6 Å². The number of nitrogens with zero attached hydrogens (tertiary/aromatic N) is 2. The molecule has 1 aliphatic carbocycles. The van der Waals surface area contributed by atoms with Gasteiger partial charge in [0.2, 0.25) is 0 Å². The quantitative estimate of drug-likeness (QED) is 0.683. The van der Waals surface area contributed by atoms with Crippen LogP contribution in [-0.2, 0) is 0 Å². The highest BCUT2D eigenvalue weighted by Crippen LogP contribution is 2.42. The van der Waals surface area contributed by atoms with Crippen molar-refractivity contribution in [2.24, 2.45) is 0 Å². The third kappa shape index (κ3) is 3.20. The molecular weight excluding hydrogens is 244 g/mol. The molecule has 0 aromatic rings. The van der Waals surface area contributed by atoms with Gasteiger partial charge in [-0.1, -0.05) is 0 Å². The lowest BCUT2D eigenvalue weighted by Crippen LogP contribution is -2.46. The minimum absolute atomic E-state index is 0.277. The van der Waals surface area contributed by atoms with E-state index in [2.05, 4.69) is 65.2 Å². The number of hydrogen-bond acceptors (Lipinski definition) is 2. The van der Waals surface area contributed by atoms with E-state index in [1.165, 1.54) is 0 Å². The van der Waals surface area contributed by atoms with Crippen molar-refractivity contribution < 1.29 is 0 Å². The molecule has 0 bridgehead atoms. The molecular formula is C15H31ClN2. The van der Waals surface area contributed by atoms with Gasteiger partial charge in [0, 0.05) is 36.3 Å². The highest BCUT2D eigenvalue weighted by molar-refractivity contribution is 6.24. The van der Waals surface area contributed by atoms with Gasteiger partial charge in [-0.2, -0.15) is 0 Å². The smallest absolute Gasteiger partial charge is 0.0678 e. The fraction of sp³-hybridized carbons (Fsp3) is 1.00. The van der Waals surface area contributed by atoms with Crippen LogP contribution in [0.1, 0.15) is 55.4 Å². The first-order valence-corrected chi connectivity index (χ1v) is 7.82. The number of alkyl halides is 1. The van der Waals surface area contributed by atoms with Crippen LogP contribution in [0.4, 0.5) is 0 Å². The first-order chi connectivity index (χ1) is 8.20. The molecule has 0 N–H and O–H groups in total. The fourth-order valence-corrected chi connectivity index (χ4v) is 3.97. The van der Waals surface area contributed by atoms with Crippen LogP contribution in [0.3, 0.4) is 0 Å². The molecule has 0 amide bonds. The standard InChI is InChI=1S/C15H31ClN2/c1-9(2)17(10(3)4)14-13(16)15(14)18(11(5)6)12(7)8/h9-15H,1-8H3. The Morgan fingerprint density at radius 3 is 1.00 bits per heavy atom. The van der Waals surface area contributed by atoms with Crippen molar-refractivity contribution in [1.82, 2.24) is 9.80 Å². The molecule has 0 radical (unpaired) electrons. The van der Waals surface area contributed by atoms with E-state index >= 15 is 0 Å². The van der Waals surface area contributed by atoms with Crippen LogP contribution in [0.2, 0.25) is 0 Å². The second-order valence-electron chi connectivity index (χ2n) is 6.70. The average Bonchev–Trinajstić information content (AvgIpc) is 2.76. The summed E-state index contributed by atoms with van der Waals surface area (Å²) in [6, 6.07) is 3.25. The van der Waals surface area contributed by atoms with E-state index in [0.717, 1.165) is 0 Å². The van der Waals surface area contributed by atoms with Crippen molar-refractivity contribution in [3.05, 3.63) is 0 Å². The summed E-state index contributed by atoms with van der Waals surface area (Å²) < 4.78 is 0. The number of halogens is 1. The highest BCUT2D eigenvalue weighted by Gasteiger charge is 2.57. The topological polar surface area (TPSA) is 6.48 Å². The predicted octanol–water partition coefficient (Wildman–Crippen LogP) is 3.58. The molecule has 1 saturated carbocycles. The van der Waals surface area contributed by atoms with E-state index in [1.54, 1.807) is 0 Å². The fourth-order valence-electron chi connectivity index (χ4n) is 3.50. The lowest BCUT2D eigenvalue weighted by molar-refractivity contribution is 0.108. The monoisotopic (exact) mass is 274 g/mol. The van der Waals surface area contributed by atoms with E-state index in [9.17, 15) is 0 Å². The maximum absolute atomic E-state index is 6.60. The second-order valence-corrected chi connectivity index (χ2v) is 7.20. The molecule has 2 unspecified atom stereocenters. The Bertz CT molecular complexity index is 221. The summed E-state index contributed by atoms with van der Waals surface area (Å²) >= 11 is 6.60. The van der Waals surface area contributed by atoms with Gasteiger partial charge in [-0.25, -0.2) is 0 Å². The Kier molecular flexibility index (Phi) is 5.52. The van der Waals surface area contributed by atoms with Crippen molar-refractivity contribution in [2.75, 3.05) is 0 Å². The number of hydrogen-bond donors (Lipinski definition) is 0. The van der Waals surface area contributed by atoms with Gasteiger partial charge in [0.1, 0.15) is 0 Å². The van der Waals surface area contributed by atoms with Crippen LogP contribution in [-0.4, -0.2) is 51.4 Å². The SMILES string of the molecule is CC(C)N(C(C)C)C1C(Cl)C1N(C(C)C)C(C)C. The van der Waals surface area contributed by atoms with Gasteiger partial charge >= 0.3 is 0 Å². The van der Waals surface area contributed by atoms with Gasteiger partial charge in [-0.3, -0.25) is 9.80 Å². The third-order valence-corrected chi connectivity index (χ3v) is 4.45. The summed E-state index contributed by atoms with van der Waals surface area (Å²) in [4.78, 5) is 5.14. The van der Waals surface area contributed by atoms with Crippen LogP contribution in [0.5, 0.6) is 0 Å². The van der Waals surface area contributed by atoms with Gasteiger partial charge in [0.05, 0.1) is 5.38 Å². The minimum atomic E-state index is 0.277. The highest BCUT2D eigenvalue weighted by atomic mass is 35.5. The van der Waals surface area contributed by atoms with Crippen LogP contribution in [0, 0.1) is 0 Å². The zero-order chi connectivity index (χ0) is 14.2. The van der Waals surface area contributed by atoms with Crippen molar-refractivity contribution in [1.29, 1.82) is 0 Å². The van der Waals surface area contributed by atoms with Crippen molar-refractivity contribution in [3.63, 3.8) is 0 Å². The van der Waals surface area contributed by atoms with Gasteiger partial charge in [-0.15, -0.1) is 11.6 Å². The largest absolute Gasteiger partial charge is 0.292 e. The summed E-state index contributed by atoms with van der Waals surface area (Å²) in [6.45, 7) is 18.2. The summed E-state index contributed by atoms with van der Waals surface area (Å²) in [5.74, 6) is 0. The van der Waals surface area contributed by atoms with Crippen LogP contribution >= 0.6 is 11.6 Å². The van der Waals surface area contributed by atoms with Crippen molar-refractivity contribution >= 4 is 11.6 Å². The molecule has 18 heavy (non-hydrogen) atoms. The molecule has 0 spiro atoms. The van der Waals surface area contributed by atoms with Gasteiger partial charge in [0.25, 0.3) is 0 Å². The predicted molar refractivity (Wildman–Crippen MR) is 81.4 cm³/mol. The molecule has 1 aliphatic rings. The maximum atomic E-state index is 6.60. The van der Waals surface area contributed by atoms with Crippen molar-refractivity contribution in [3.8, 4) is 0 Å². The average molecular weight is 275 g/mol. The summed E-state index contributed by atoms with van der Waals surface area (Å²) in [7, 11) is 0. The van der Waals surface area contributed by atoms with Crippen LogP contribution < -0.4 is 0 Å². The molecule has 0 saturated heterocycles. The Labute approximate surface area is 119 Å². The summed E-state index contributed by atoms with van der Waals surface area (Å²) in [5.41, 5.74) is 0. The van der Waals surface area contributed by atoms with E-state index < -0.39 is 0 Å². The molecule has 0 heterocycles. The zero-order valence-electron chi connectivity index (χ0n) is 13.3. The third-order valence-electron chi connectivity index (χ3n) is 3.94. The molecule has 1 rings (SSSR count). The van der Waals surface area contributed by atoms with Gasteiger partial charge in [-0.05, 0) is 55.4 Å². The Hall–Kier alpha value is 0.210. The molecule has 1 fully saturated rings. The maximum Gasteiger partial charge on any atom is 0.0678 e. The normalized spacial score (nSPS) is 28.5. The minimum Gasteiger partial charge on any atom is -0.292 e. The Morgan fingerprint density at radius 2 is 0.833 bits per heavy atom. The summed E-state index contributed by atoms with van der Waals surface area (Å²) in [6.07, 6.45) is 0. The van der Waals surface area contributed by atoms with Gasteiger partial charge < -0.3 is 0 Å². The Morgan fingerprint density at radius 1 is 0.611 bits per heavy atom. The summed E-state index contributed by atoms with van der Waals surface area (Å²) in [5, 5.41) is 0.277. The number of rotatable bonds is 6. The van der Waals surface area contributed by atoms with E-state index in [0.29, 0.717) is 36.3 Å². The molecule has 2 atom stereocenters. The molecule has 0 aromatic heterocycles. The van der Waals surface area contributed by atoms with Crippen LogP contribution in [0.25, 0.3) is 0 Å². The van der Waals surface area contributed by atoms with Crippen molar-refractivity contribution in [2.45, 2.75) is 97.0 Å². The molecule has 0 aromatic carbocycles. The molecule has 2 nitrogen and oxygen atoms in total. The molecule has 0 aliphatic heterocycles. The van der Waals surface area contributed by atoms with E-state index in [1.807, 2.05) is 0 Å². The molecule has 3 heteroatoms. The zero-order valence-corrected chi connectivity index (χ0v) is 14.1. The van der Waals surface area contributed by atoms with E-state index in [-0.39, 0.29) is 5.38 Å². The Balaban J connectivity index is 2.82. The van der Waals surface area contributed by atoms with Gasteiger partial charge in [0.15, 0.2) is 0 Å². The van der Waals surface area contributed by atoms with Crippen LogP contribution in [0.15, 0.2) is 0 Å².